The zero-order valence-corrected chi connectivity index (χ0v) is 12.3. The Bertz CT molecular complexity index is 155. The SMILES string of the molecule is CCC(CC)(CCl)CNCCCOCCOC. The fourth-order valence-corrected chi connectivity index (χ4v) is 2.11. The van der Waals surface area contributed by atoms with Crippen LogP contribution in [-0.4, -0.2) is 45.9 Å². The highest BCUT2D eigenvalue weighted by Crippen LogP contribution is 2.26. The van der Waals surface area contributed by atoms with Crippen molar-refractivity contribution in [2.24, 2.45) is 5.41 Å². The van der Waals surface area contributed by atoms with E-state index in [0.717, 1.165) is 44.8 Å². The lowest BCUT2D eigenvalue weighted by Gasteiger charge is -2.29. The molecule has 0 aliphatic rings. The molecule has 0 amide bonds. The molecule has 0 saturated carbocycles. The minimum atomic E-state index is 0.262. The van der Waals surface area contributed by atoms with Gasteiger partial charge >= 0.3 is 0 Å². The van der Waals surface area contributed by atoms with Crippen LogP contribution in [0.2, 0.25) is 0 Å². The summed E-state index contributed by atoms with van der Waals surface area (Å²) in [6.45, 7) is 8.57. The van der Waals surface area contributed by atoms with Gasteiger partial charge in [-0.05, 0) is 31.2 Å². The van der Waals surface area contributed by atoms with E-state index in [2.05, 4.69) is 19.2 Å². The lowest BCUT2D eigenvalue weighted by atomic mass is 9.84. The van der Waals surface area contributed by atoms with Crippen molar-refractivity contribution in [3.8, 4) is 0 Å². The molecule has 0 fully saturated rings. The second-order valence-corrected chi connectivity index (χ2v) is 4.74. The van der Waals surface area contributed by atoms with Gasteiger partial charge in [0.05, 0.1) is 13.2 Å². The summed E-state index contributed by atoms with van der Waals surface area (Å²) >= 11 is 6.04. The summed E-state index contributed by atoms with van der Waals surface area (Å²) in [4.78, 5) is 0. The zero-order chi connectivity index (χ0) is 13.0. The van der Waals surface area contributed by atoms with Crippen LogP contribution in [0, 0.1) is 5.41 Å². The predicted molar refractivity (Wildman–Crippen MR) is 73.9 cm³/mol. The van der Waals surface area contributed by atoms with Gasteiger partial charge in [0.15, 0.2) is 0 Å². The first-order valence-electron chi connectivity index (χ1n) is 6.58. The number of hydrogen-bond acceptors (Lipinski definition) is 3. The highest BCUT2D eigenvalue weighted by molar-refractivity contribution is 6.18. The van der Waals surface area contributed by atoms with Crippen LogP contribution < -0.4 is 5.32 Å². The first-order valence-corrected chi connectivity index (χ1v) is 7.11. The van der Waals surface area contributed by atoms with Gasteiger partial charge in [0, 0.05) is 26.1 Å². The van der Waals surface area contributed by atoms with Gasteiger partial charge in [-0.3, -0.25) is 0 Å². The monoisotopic (exact) mass is 265 g/mol. The van der Waals surface area contributed by atoms with Crippen LogP contribution in [0.3, 0.4) is 0 Å². The molecule has 0 radical (unpaired) electrons. The molecule has 4 heteroatoms. The first-order chi connectivity index (χ1) is 8.24. The van der Waals surface area contributed by atoms with Crippen LogP contribution >= 0.6 is 11.6 Å². The van der Waals surface area contributed by atoms with E-state index in [1.165, 1.54) is 0 Å². The average Bonchev–Trinajstić information content (AvgIpc) is 2.38. The van der Waals surface area contributed by atoms with Gasteiger partial charge in [-0.25, -0.2) is 0 Å². The van der Waals surface area contributed by atoms with Gasteiger partial charge < -0.3 is 14.8 Å². The van der Waals surface area contributed by atoms with Crippen LogP contribution in [0.1, 0.15) is 33.1 Å². The number of nitrogens with one attached hydrogen (secondary N) is 1. The smallest absolute Gasteiger partial charge is 0.0700 e. The summed E-state index contributed by atoms with van der Waals surface area (Å²) in [5.41, 5.74) is 0.262. The normalized spacial score (nSPS) is 12.0. The molecule has 0 aromatic heterocycles. The summed E-state index contributed by atoms with van der Waals surface area (Å²) in [5.74, 6) is 0.733. The third-order valence-corrected chi connectivity index (χ3v) is 3.92. The van der Waals surface area contributed by atoms with Crippen molar-refractivity contribution in [2.75, 3.05) is 45.9 Å². The van der Waals surface area contributed by atoms with E-state index in [1.54, 1.807) is 7.11 Å². The minimum absolute atomic E-state index is 0.262. The molecule has 17 heavy (non-hydrogen) atoms. The Morgan fingerprint density at radius 3 is 2.35 bits per heavy atom. The first kappa shape index (κ1) is 17.2. The molecule has 0 aliphatic heterocycles. The summed E-state index contributed by atoms with van der Waals surface area (Å²) in [7, 11) is 1.69. The van der Waals surface area contributed by atoms with Crippen molar-refractivity contribution in [2.45, 2.75) is 33.1 Å². The van der Waals surface area contributed by atoms with Crippen molar-refractivity contribution >= 4 is 11.6 Å². The highest BCUT2D eigenvalue weighted by atomic mass is 35.5. The number of halogens is 1. The van der Waals surface area contributed by atoms with Crippen LogP contribution in [-0.2, 0) is 9.47 Å². The van der Waals surface area contributed by atoms with Gasteiger partial charge in [-0.2, -0.15) is 0 Å². The molecule has 0 rings (SSSR count). The van der Waals surface area contributed by atoms with E-state index in [0.29, 0.717) is 13.2 Å². The molecule has 0 unspecified atom stereocenters. The Balaban J connectivity index is 3.43. The average molecular weight is 266 g/mol. The van der Waals surface area contributed by atoms with E-state index in [-0.39, 0.29) is 5.41 Å². The second kappa shape index (κ2) is 11.3. The maximum Gasteiger partial charge on any atom is 0.0700 e. The second-order valence-electron chi connectivity index (χ2n) is 4.48. The minimum Gasteiger partial charge on any atom is -0.382 e. The van der Waals surface area contributed by atoms with E-state index < -0.39 is 0 Å². The summed E-state index contributed by atoms with van der Waals surface area (Å²) < 4.78 is 10.3. The molecule has 0 bridgehead atoms. The molecule has 0 aliphatic carbocycles. The predicted octanol–water partition coefficient (Wildman–Crippen LogP) is 2.67. The number of hydrogen-bond donors (Lipinski definition) is 1. The Kier molecular flexibility index (Phi) is 11.4. The summed E-state index contributed by atoms with van der Waals surface area (Å²) in [6.07, 6.45) is 3.30. The lowest BCUT2D eigenvalue weighted by Crippen LogP contribution is -2.35. The van der Waals surface area contributed by atoms with Gasteiger partial charge in [0.25, 0.3) is 0 Å². The van der Waals surface area contributed by atoms with E-state index in [1.807, 2.05) is 0 Å². The molecule has 0 saturated heterocycles. The molecule has 1 N–H and O–H groups in total. The number of methoxy groups -OCH3 is 1. The van der Waals surface area contributed by atoms with E-state index in [9.17, 15) is 0 Å². The van der Waals surface area contributed by atoms with Gasteiger partial charge in [0.2, 0.25) is 0 Å². The van der Waals surface area contributed by atoms with Crippen molar-refractivity contribution in [3.05, 3.63) is 0 Å². The molecule has 0 heterocycles. The van der Waals surface area contributed by atoms with Crippen molar-refractivity contribution in [3.63, 3.8) is 0 Å². The molecule has 0 spiro atoms. The van der Waals surface area contributed by atoms with Crippen LogP contribution in [0.25, 0.3) is 0 Å². The topological polar surface area (TPSA) is 30.5 Å². The molecule has 0 aromatic carbocycles. The summed E-state index contributed by atoms with van der Waals surface area (Å²) in [5, 5.41) is 3.47. The van der Waals surface area contributed by atoms with Gasteiger partial charge in [0.1, 0.15) is 0 Å². The number of rotatable bonds is 12. The van der Waals surface area contributed by atoms with E-state index in [4.69, 9.17) is 21.1 Å². The Morgan fingerprint density at radius 2 is 1.82 bits per heavy atom. The Hall–Kier alpha value is 0.170. The van der Waals surface area contributed by atoms with Gasteiger partial charge in [-0.1, -0.05) is 13.8 Å². The fraction of sp³-hybridized carbons (Fsp3) is 1.00. The fourth-order valence-electron chi connectivity index (χ4n) is 1.63. The maximum absolute atomic E-state index is 6.04. The molecule has 0 atom stereocenters. The lowest BCUT2D eigenvalue weighted by molar-refractivity contribution is 0.0692. The van der Waals surface area contributed by atoms with Crippen molar-refractivity contribution in [1.82, 2.24) is 5.32 Å². The quantitative estimate of drug-likeness (QED) is 0.435. The van der Waals surface area contributed by atoms with Crippen LogP contribution in [0.15, 0.2) is 0 Å². The van der Waals surface area contributed by atoms with Gasteiger partial charge in [-0.15, -0.1) is 11.6 Å². The van der Waals surface area contributed by atoms with Crippen LogP contribution in [0.4, 0.5) is 0 Å². The largest absolute Gasteiger partial charge is 0.382 e. The van der Waals surface area contributed by atoms with Crippen molar-refractivity contribution < 1.29 is 9.47 Å². The van der Waals surface area contributed by atoms with Crippen LogP contribution in [0.5, 0.6) is 0 Å². The Morgan fingerprint density at radius 1 is 1.12 bits per heavy atom. The molecular weight excluding hydrogens is 238 g/mol. The molecule has 3 nitrogen and oxygen atoms in total. The third-order valence-electron chi connectivity index (χ3n) is 3.36. The standard InChI is InChI=1S/C13H28ClNO2/c1-4-13(5-2,11-14)12-15-7-6-8-17-10-9-16-3/h15H,4-12H2,1-3H3. The third kappa shape index (κ3) is 7.98. The number of alkyl halides is 1. The maximum atomic E-state index is 6.04. The number of ether oxygens (including phenoxy) is 2. The zero-order valence-electron chi connectivity index (χ0n) is 11.6. The molecule has 104 valence electrons. The Labute approximate surface area is 111 Å². The molecular formula is C13H28ClNO2. The molecule has 0 aromatic rings. The van der Waals surface area contributed by atoms with Crippen molar-refractivity contribution in [1.29, 1.82) is 0 Å². The highest BCUT2D eigenvalue weighted by Gasteiger charge is 2.24. The van der Waals surface area contributed by atoms with E-state index >= 15 is 0 Å². The summed E-state index contributed by atoms with van der Waals surface area (Å²) in [6, 6.07) is 0.